The number of hydrogen-bond donors (Lipinski definition) is 1. The van der Waals surface area contributed by atoms with E-state index in [1.165, 1.54) is 6.08 Å². The van der Waals surface area contributed by atoms with Crippen LogP contribution in [0.5, 0.6) is 0 Å². The average molecular weight is 276 g/mol. The van der Waals surface area contributed by atoms with E-state index < -0.39 is 10.0 Å². The van der Waals surface area contributed by atoms with E-state index in [-0.39, 0.29) is 11.4 Å². The summed E-state index contributed by atoms with van der Waals surface area (Å²) in [4.78, 5) is 0.249. The molecule has 0 radical (unpaired) electrons. The standard InChI is InChI=1S/C14H16N2O2S/c1-12-6-8-14(9-7-12)19(17,18)16-11-13(2)5-3-4-10-15/h3-9,16H,11H2,1-2H3/b4-3-,13-5-. The van der Waals surface area contributed by atoms with E-state index in [1.54, 1.807) is 43.3 Å². The van der Waals surface area contributed by atoms with E-state index in [0.29, 0.717) is 0 Å². The molecule has 1 N–H and O–H groups in total. The zero-order valence-corrected chi connectivity index (χ0v) is 11.7. The molecule has 0 atom stereocenters. The number of nitrogens with one attached hydrogen (secondary N) is 1. The Labute approximate surface area is 114 Å². The Bertz CT molecular complexity index is 620. The molecule has 5 heteroatoms. The van der Waals surface area contributed by atoms with Crippen molar-refractivity contribution in [3.8, 4) is 6.07 Å². The molecule has 0 amide bonds. The maximum absolute atomic E-state index is 12.0. The summed E-state index contributed by atoms with van der Waals surface area (Å²) in [6, 6.07) is 8.53. The monoisotopic (exact) mass is 276 g/mol. The van der Waals surface area contributed by atoms with Crippen LogP contribution < -0.4 is 4.72 Å². The van der Waals surface area contributed by atoms with Crippen LogP contribution in [-0.4, -0.2) is 15.0 Å². The van der Waals surface area contributed by atoms with Gasteiger partial charge in [0.2, 0.25) is 10.0 Å². The topological polar surface area (TPSA) is 70.0 Å². The molecule has 0 aliphatic carbocycles. The molecule has 0 aromatic heterocycles. The van der Waals surface area contributed by atoms with Gasteiger partial charge in [-0.3, -0.25) is 0 Å². The first-order valence-electron chi connectivity index (χ1n) is 5.74. The second-order valence-corrected chi connectivity index (χ2v) is 5.91. The molecule has 0 bridgehead atoms. The zero-order chi connectivity index (χ0) is 14.3. The maximum Gasteiger partial charge on any atom is 0.240 e. The number of hydrogen-bond acceptors (Lipinski definition) is 3. The van der Waals surface area contributed by atoms with Crippen LogP contribution in [0.2, 0.25) is 0 Å². The average Bonchev–Trinajstić information content (AvgIpc) is 2.37. The van der Waals surface area contributed by atoms with Crippen molar-refractivity contribution in [3.05, 3.63) is 53.6 Å². The van der Waals surface area contributed by atoms with Gasteiger partial charge in [-0.2, -0.15) is 5.26 Å². The van der Waals surface area contributed by atoms with Gasteiger partial charge in [0.05, 0.1) is 11.0 Å². The Morgan fingerprint density at radius 2 is 2.00 bits per heavy atom. The Balaban J connectivity index is 2.71. The normalized spacial score (nSPS) is 12.6. The number of allylic oxidation sites excluding steroid dienone is 3. The van der Waals surface area contributed by atoms with Crippen LogP contribution in [0.25, 0.3) is 0 Å². The van der Waals surface area contributed by atoms with Gasteiger partial charge in [-0.15, -0.1) is 0 Å². The molecular weight excluding hydrogens is 260 g/mol. The van der Waals surface area contributed by atoms with Crippen molar-refractivity contribution in [2.45, 2.75) is 18.7 Å². The van der Waals surface area contributed by atoms with Crippen molar-refractivity contribution in [2.75, 3.05) is 6.54 Å². The van der Waals surface area contributed by atoms with E-state index in [1.807, 2.05) is 13.0 Å². The van der Waals surface area contributed by atoms with Crippen molar-refractivity contribution in [1.82, 2.24) is 4.72 Å². The van der Waals surface area contributed by atoms with Gasteiger partial charge in [-0.25, -0.2) is 13.1 Å². The van der Waals surface area contributed by atoms with Crippen molar-refractivity contribution >= 4 is 10.0 Å². The minimum absolute atomic E-state index is 0.214. The van der Waals surface area contributed by atoms with E-state index in [0.717, 1.165) is 11.1 Å². The quantitative estimate of drug-likeness (QED) is 0.662. The molecule has 0 spiro atoms. The second-order valence-electron chi connectivity index (χ2n) is 4.14. The molecule has 100 valence electrons. The number of benzene rings is 1. The van der Waals surface area contributed by atoms with Crippen LogP contribution in [0.3, 0.4) is 0 Å². The van der Waals surface area contributed by atoms with Gasteiger partial charge in [-0.05, 0) is 26.0 Å². The Morgan fingerprint density at radius 1 is 1.37 bits per heavy atom. The molecule has 19 heavy (non-hydrogen) atoms. The molecule has 1 rings (SSSR count). The highest BCUT2D eigenvalue weighted by atomic mass is 32.2. The summed E-state index contributed by atoms with van der Waals surface area (Å²) >= 11 is 0. The van der Waals surface area contributed by atoms with Gasteiger partial charge >= 0.3 is 0 Å². The van der Waals surface area contributed by atoms with Crippen LogP contribution >= 0.6 is 0 Å². The lowest BCUT2D eigenvalue weighted by Crippen LogP contribution is -2.25. The Morgan fingerprint density at radius 3 is 2.58 bits per heavy atom. The minimum atomic E-state index is -3.48. The molecular formula is C14H16N2O2S. The lowest BCUT2D eigenvalue weighted by Gasteiger charge is -2.07. The number of aryl methyl sites for hydroxylation is 1. The zero-order valence-electron chi connectivity index (χ0n) is 10.9. The minimum Gasteiger partial charge on any atom is -0.207 e. The number of nitrogens with zero attached hydrogens (tertiary/aromatic N) is 1. The molecule has 0 aliphatic heterocycles. The molecule has 0 unspecified atom stereocenters. The largest absolute Gasteiger partial charge is 0.240 e. The summed E-state index contributed by atoms with van der Waals surface area (Å²) in [5.41, 5.74) is 1.83. The summed E-state index contributed by atoms with van der Waals surface area (Å²) in [6.07, 6.45) is 4.61. The van der Waals surface area contributed by atoms with Gasteiger partial charge < -0.3 is 0 Å². The van der Waals surface area contributed by atoms with Crippen LogP contribution in [0, 0.1) is 18.3 Å². The molecule has 0 fully saturated rings. The van der Waals surface area contributed by atoms with Crippen molar-refractivity contribution < 1.29 is 8.42 Å². The molecule has 4 nitrogen and oxygen atoms in total. The first kappa shape index (κ1) is 15.2. The fourth-order valence-electron chi connectivity index (χ4n) is 1.32. The number of sulfonamides is 1. The van der Waals surface area contributed by atoms with Gasteiger partial charge in [0.15, 0.2) is 0 Å². The highest BCUT2D eigenvalue weighted by Gasteiger charge is 2.12. The summed E-state index contributed by atoms with van der Waals surface area (Å²) in [5, 5.41) is 8.33. The molecule has 1 aromatic carbocycles. The first-order chi connectivity index (χ1) is 8.95. The van der Waals surface area contributed by atoms with Crippen molar-refractivity contribution in [2.24, 2.45) is 0 Å². The van der Waals surface area contributed by atoms with E-state index in [9.17, 15) is 8.42 Å². The fraction of sp³-hybridized carbons (Fsp3) is 0.214. The third-order valence-corrected chi connectivity index (χ3v) is 3.84. The predicted octanol–water partition coefficient (Wildman–Crippen LogP) is 2.30. The summed E-state index contributed by atoms with van der Waals surface area (Å²) in [6.45, 7) is 3.91. The molecule has 1 aromatic rings. The van der Waals surface area contributed by atoms with Gasteiger partial charge in [0.1, 0.15) is 0 Å². The number of rotatable bonds is 5. The molecule has 0 saturated heterocycles. The van der Waals surface area contributed by atoms with Crippen LogP contribution in [0.1, 0.15) is 12.5 Å². The lowest BCUT2D eigenvalue weighted by molar-refractivity contribution is 0.584. The SMILES string of the molecule is C/C(=C/C=C\C#N)CNS(=O)(=O)c1ccc(C)cc1. The highest BCUT2D eigenvalue weighted by molar-refractivity contribution is 7.89. The smallest absolute Gasteiger partial charge is 0.207 e. The van der Waals surface area contributed by atoms with Gasteiger partial charge in [-0.1, -0.05) is 35.4 Å². The van der Waals surface area contributed by atoms with Crippen LogP contribution in [-0.2, 0) is 10.0 Å². The third kappa shape index (κ3) is 5.08. The predicted molar refractivity (Wildman–Crippen MR) is 74.9 cm³/mol. The van der Waals surface area contributed by atoms with E-state index >= 15 is 0 Å². The van der Waals surface area contributed by atoms with Gasteiger partial charge in [0.25, 0.3) is 0 Å². The summed E-state index contributed by atoms with van der Waals surface area (Å²) < 4.78 is 26.4. The van der Waals surface area contributed by atoms with Crippen LogP contribution in [0.15, 0.2) is 53.0 Å². The van der Waals surface area contributed by atoms with Gasteiger partial charge in [0, 0.05) is 12.6 Å². The summed E-state index contributed by atoms with van der Waals surface area (Å²) in [5.74, 6) is 0. The summed E-state index contributed by atoms with van der Waals surface area (Å²) in [7, 11) is -3.48. The molecule has 0 heterocycles. The highest BCUT2D eigenvalue weighted by Crippen LogP contribution is 2.10. The Kier molecular flexibility index (Phi) is 5.49. The molecule has 0 saturated carbocycles. The first-order valence-corrected chi connectivity index (χ1v) is 7.22. The fourth-order valence-corrected chi connectivity index (χ4v) is 2.40. The Hall–Kier alpha value is -1.90. The lowest BCUT2D eigenvalue weighted by atomic mass is 10.2. The molecule has 0 aliphatic rings. The van der Waals surface area contributed by atoms with E-state index in [2.05, 4.69) is 4.72 Å². The third-order valence-electron chi connectivity index (χ3n) is 2.42. The maximum atomic E-state index is 12.0. The second kappa shape index (κ2) is 6.88. The van der Waals surface area contributed by atoms with Crippen molar-refractivity contribution in [3.63, 3.8) is 0 Å². The van der Waals surface area contributed by atoms with E-state index in [4.69, 9.17) is 5.26 Å². The van der Waals surface area contributed by atoms with Crippen LogP contribution in [0.4, 0.5) is 0 Å². The number of nitriles is 1. The van der Waals surface area contributed by atoms with Crippen molar-refractivity contribution in [1.29, 1.82) is 5.26 Å².